The van der Waals surface area contributed by atoms with E-state index in [4.69, 9.17) is 5.73 Å². The maximum absolute atomic E-state index is 14.4. The third kappa shape index (κ3) is 3.93. The summed E-state index contributed by atoms with van der Waals surface area (Å²) < 4.78 is 0. The lowest BCUT2D eigenvalue weighted by molar-refractivity contribution is -0.218. The van der Waals surface area contributed by atoms with Crippen molar-refractivity contribution >= 4 is 5.91 Å². The molecule has 0 aromatic heterocycles. The first kappa shape index (κ1) is 28.3. The number of allylic oxidation sites excluding steroid dienone is 1. The molecule has 39 heavy (non-hydrogen) atoms. The van der Waals surface area contributed by atoms with E-state index in [-0.39, 0.29) is 10.8 Å². The molecule has 6 aliphatic rings. The Kier molecular flexibility index (Phi) is 6.97. The highest BCUT2D eigenvalue weighted by Gasteiger charge is 2.70. The Hall–Kier alpha value is -0.830. The van der Waals surface area contributed by atoms with E-state index < -0.39 is 0 Å². The van der Waals surface area contributed by atoms with Crippen LogP contribution >= 0.6 is 0 Å². The molecule has 0 spiro atoms. The van der Waals surface area contributed by atoms with Crippen molar-refractivity contribution < 1.29 is 4.79 Å². The quantitative estimate of drug-likeness (QED) is 0.357. The van der Waals surface area contributed by atoms with Crippen molar-refractivity contribution in [3.8, 4) is 0 Å². The molecule has 3 nitrogen and oxygen atoms in total. The summed E-state index contributed by atoms with van der Waals surface area (Å²) in [5.74, 6) is 5.13. The van der Waals surface area contributed by atoms with Gasteiger partial charge in [-0.25, -0.2) is 0 Å². The van der Waals surface area contributed by atoms with Crippen molar-refractivity contribution in [3.63, 3.8) is 0 Å². The Morgan fingerprint density at radius 3 is 2.18 bits per heavy atom. The number of nitrogens with one attached hydrogen (secondary N) is 1. The summed E-state index contributed by atoms with van der Waals surface area (Å²) in [6.07, 6.45) is 17.4. The van der Waals surface area contributed by atoms with Crippen molar-refractivity contribution in [2.24, 2.45) is 68.8 Å². The van der Waals surface area contributed by atoms with Gasteiger partial charge >= 0.3 is 0 Å². The van der Waals surface area contributed by atoms with Gasteiger partial charge in [0.15, 0.2) is 0 Å². The molecule has 0 aromatic rings. The summed E-state index contributed by atoms with van der Waals surface area (Å²) in [6.45, 7) is 19.7. The fourth-order valence-electron chi connectivity index (χ4n) is 12.8. The van der Waals surface area contributed by atoms with Crippen LogP contribution in [0, 0.1) is 63.1 Å². The predicted molar refractivity (Wildman–Crippen MR) is 162 cm³/mol. The fourth-order valence-corrected chi connectivity index (χ4v) is 12.8. The van der Waals surface area contributed by atoms with Crippen molar-refractivity contribution in [3.05, 3.63) is 12.2 Å². The van der Waals surface area contributed by atoms with Crippen LogP contribution in [-0.2, 0) is 4.79 Å². The standard InChI is InChI=1S/C36H60N2O/c1-22(2)25-15-18-36(32(39)38-24-11-9-8-10-12-24)20-19-35(7)28(31(25)36)14-13-27-30-23(3)21-29(37)33(4,5)26(30)16-17-34(27,35)6/h23-31H,1,8-21,37H2,2-7H3,(H,38,39)/t23-,25+,26-,27-,28?,29+,30?,31-,34-,35-,36+/m1/s1. The molecule has 220 valence electrons. The van der Waals surface area contributed by atoms with Crippen LogP contribution in [0.25, 0.3) is 0 Å². The van der Waals surface area contributed by atoms with Crippen molar-refractivity contribution in [1.82, 2.24) is 5.32 Å². The highest BCUT2D eigenvalue weighted by atomic mass is 16.2. The fraction of sp³-hybridized carbons (Fsp3) is 0.917. The highest BCUT2D eigenvalue weighted by molar-refractivity contribution is 5.84. The van der Waals surface area contributed by atoms with Gasteiger partial charge in [0.1, 0.15) is 0 Å². The van der Waals surface area contributed by atoms with Gasteiger partial charge < -0.3 is 11.1 Å². The summed E-state index contributed by atoms with van der Waals surface area (Å²) in [6, 6.07) is 0.738. The zero-order valence-corrected chi connectivity index (χ0v) is 26.3. The molecule has 6 rings (SSSR count). The van der Waals surface area contributed by atoms with Crippen LogP contribution in [-0.4, -0.2) is 18.0 Å². The number of nitrogens with two attached hydrogens (primary N) is 1. The summed E-state index contributed by atoms with van der Waals surface area (Å²) in [5, 5.41) is 3.66. The van der Waals surface area contributed by atoms with Gasteiger partial charge in [0.2, 0.25) is 5.91 Å². The topological polar surface area (TPSA) is 55.1 Å². The van der Waals surface area contributed by atoms with Crippen molar-refractivity contribution in [1.29, 1.82) is 0 Å². The average molecular weight is 537 g/mol. The van der Waals surface area contributed by atoms with Gasteiger partial charge in [0.25, 0.3) is 0 Å². The van der Waals surface area contributed by atoms with E-state index in [2.05, 4.69) is 53.4 Å². The molecule has 0 aliphatic heterocycles. The molecule has 1 amide bonds. The molecule has 0 saturated heterocycles. The molecule has 3 heteroatoms. The number of fused-ring (bicyclic) bond motifs is 7. The first-order valence-corrected chi connectivity index (χ1v) is 17.1. The van der Waals surface area contributed by atoms with Crippen LogP contribution in [0.1, 0.15) is 131 Å². The van der Waals surface area contributed by atoms with E-state index in [1.54, 1.807) is 0 Å². The van der Waals surface area contributed by atoms with Crippen molar-refractivity contribution in [2.45, 2.75) is 144 Å². The van der Waals surface area contributed by atoms with Crippen molar-refractivity contribution in [2.75, 3.05) is 0 Å². The number of hydrogen-bond acceptors (Lipinski definition) is 2. The van der Waals surface area contributed by atoms with Gasteiger partial charge in [0, 0.05) is 12.1 Å². The lowest BCUT2D eigenvalue weighted by atomic mass is 9.34. The van der Waals surface area contributed by atoms with Crippen LogP contribution in [0.4, 0.5) is 0 Å². The normalized spacial score (nSPS) is 51.2. The van der Waals surface area contributed by atoms with Gasteiger partial charge in [-0.3, -0.25) is 4.79 Å². The maximum atomic E-state index is 14.4. The number of carbonyl (C=O) groups excluding carboxylic acids is 1. The molecule has 11 atom stereocenters. The van der Waals surface area contributed by atoms with Crippen LogP contribution in [0.2, 0.25) is 0 Å². The minimum Gasteiger partial charge on any atom is -0.353 e. The third-order valence-corrected chi connectivity index (χ3v) is 15.4. The molecule has 6 saturated carbocycles. The van der Waals surface area contributed by atoms with Crippen LogP contribution in [0.5, 0.6) is 0 Å². The molecular weight excluding hydrogens is 476 g/mol. The average Bonchev–Trinajstić information content (AvgIpc) is 3.29. The SMILES string of the molecule is C=C(C)[C@@H]1CC[C@]2(C(=O)NC3CCCCC3)CC[C@]3(C)C(CC[C@@H]4C5[C@H](C)C[C@H](N)C(C)(C)[C@@H]5CC[C@]43C)[C@@H]12. The monoisotopic (exact) mass is 536 g/mol. The third-order valence-electron chi connectivity index (χ3n) is 15.4. The summed E-state index contributed by atoms with van der Waals surface area (Å²) in [7, 11) is 0. The Balaban J connectivity index is 1.34. The van der Waals surface area contributed by atoms with Gasteiger partial charge in [-0.05, 0) is 135 Å². The van der Waals surface area contributed by atoms with E-state index >= 15 is 0 Å². The lowest BCUT2D eigenvalue weighted by Crippen LogP contribution is -2.66. The summed E-state index contributed by atoms with van der Waals surface area (Å²) >= 11 is 0. The van der Waals surface area contributed by atoms with Gasteiger partial charge in [-0.2, -0.15) is 0 Å². The van der Waals surface area contributed by atoms with Crippen LogP contribution < -0.4 is 11.1 Å². The second-order valence-electron chi connectivity index (χ2n) is 17.0. The molecule has 0 bridgehead atoms. The number of hydrogen-bond donors (Lipinski definition) is 2. The first-order chi connectivity index (χ1) is 18.4. The number of amides is 1. The van der Waals surface area contributed by atoms with Crippen LogP contribution in [0.3, 0.4) is 0 Å². The summed E-state index contributed by atoms with van der Waals surface area (Å²) in [4.78, 5) is 14.4. The highest BCUT2D eigenvalue weighted by Crippen LogP contribution is 2.75. The van der Waals surface area contributed by atoms with E-state index in [0.29, 0.717) is 46.6 Å². The molecule has 6 fully saturated rings. The molecule has 3 N–H and O–H groups in total. The second kappa shape index (κ2) is 9.60. The first-order valence-electron chi connectivity index (χ1n) is 17.1. The predicted octanol–water partition coefficient (Wildman–Crippen LogP) is 8.28. The molecule has 2 unspecified atom stereocenters. The Bertz CT molecular complexity index is 981. The Labute approximate surface area is 240 Å². The lowest BCUT2D eigenvalue weighted by Gasteiger charge is -2.71. The zero-order valence-electron chi connectivity index (χ0n) is 26.3. The van der Waals surface area contributed by atoms with E-state index in [0.717, 1.165) is 36.5 Å². The molecule has 0 radical (unpaired) electrons. The summed E-state index contributed by atoms with van der Waals surface area (Å²) in [5.41, 5.74) is 8.89. The van der Waals surface area contributed by atoms with Gasteiger partial charge in [-0.15, -0.1) is 0 Å². The maximum Gasteiger partial charge on any atom is 0.226 e. The largest absolute Gasteiger partial charge is 0.353 e. The molecular formula is C36H60N2O. The van der Waals surface area contributed by atoms with Gasteiger partial charge in [0.05, 0.1) is 5.41 Å². The second-order valence-corrected chi connectivity index (χ2v) is 17.0. The van der Waals surface area contributed by atoms with E-state index in [9.17, 15) is 4.79 Å². The number of carbonyl (C=O) groups is 1. The smallest absolute Gasteiger partial charge is 0.226 e. The molecule has 0 aromatic carbocycles. The number of rotatable bonds is 3. The minimum absolute atomic E-state index is 0.168. The molecule has 0 heterocycles. The Morgan fingerprint density at radius 1 is 0.821 bits per heavy atom. The van der Waals surface area contributed by atoms with E-state index in [1.165, 1.54) is 82.6 Å². The van der Waals surface area contributed by atoms with E-state index in [1.807, 2.05) is 0 Å². The zero-order chi connectivity index (χ0) is 28.0. The Morgan fingerprint density at radius 2 is 1.49 bits per heavy atom. The molecule has 6 aliphatic carbocycles. The van der Waals surface area contributed by atoms with Gasteiger partial charge in [-0.1, -0.05) is 66.0 Å². The minimum atomic E-state index is -0.168. The van der Waals surface area contributed by atoms with Crippen LogP contribution in [0.15, 0.2) is 12.2 Å².